The van der Waals surface area contributed by atoms with Crippen LogP contribution in [0.15, 0.2) is 66.2 Å². The molecule has 0 saturated carbocycles. The van der Waals surface area contributed by atoms with Crippen molar-refractivity contribution in [2.75, 3.05) is 6.61 Å². The van der Waals surface area contributed by atoms with Gasteiger partial charge in [0.1, 0.15) is 28.8 Å². The van der Waals surface area contributed by atoms with Crippen LogP contribution in [0.3, 0.4) is 0 Å². The van der Waals surface area contributed by atoms with Gasteiger partial charge in [0.05, 0.1) is 12.2 Å². The van der Waals surface area contributed by atoms with Gasteiger partial charge in [-0.1, -0.05) is 24.3 Å². The molecule has 0 fully saturated rings. The van der Waals surface area contributed by atoms with Crippen molar-refractivity contribution in [3.8, 4) is 23.0 Å². The number of ether oxygens (including phenoxy) is 4. The molecular weight excluding hydrogens is 585 g/mol. The fourth-order valence-electron chi connectivity index (χ4n) is 4.25. The van der Waals surface area contributed by atoms with Gasteiger partial charge in [-0.05, 0) is 69.3 Å². The largest absolute Gasteiger partial charge is 0.476 e. The van der Waals surface area contributed by atoms with Crippen LogP contribution in [0.25, 0.3) is 12.2 Å². The molecule has 0 N–H and O–H groups in total. The smallest absolute Gasteiger partial charge is 0.430 e. The molecule has 2 aliphatic heterocycles. The van der Waals surface area contributed by atoms with Gasteiger partial charge in [0.25, 0.3) is 0 Å². The first-order valence-electron chi connectivity index (χ1n) is 12.9. The number of hydrogen-bond acceptors (Lipinski definition) is 5. The van der Waals surface area contributed by atoms with E-state index in [0.29, 0.717) is 28.2 Å². The first-order chi connectivity index (χ1) is 20.2. The quantitative estimate of drug-likeness (QED) is 0.219. The van der Waals surface area contributed by atoms with E-state index >= 15 is 0 Å². The standard InChI is InChI=1S/C20H17F3O4.C11H8F4O/c1-3-25-19(24)15-11-13-9-10-16(26-14-7-5-4-6-8-14)12(2)17(13)27-18(15)20(21,22)23;1-6-8(12)4-2-7-3-5-9(11(13,14)15)16-10(6)7/h4-11,18H,3H2,1-2H3;2-5,9H,1H3. The van der Waals surface area contributed by atoms with Crippen LogP contribution in [-0.4, -0.2) is 37.1 Å². The second-order valence-electron chi connectivity index (χ2n) is 9.41. The Bertz CT molecular complexity index is 1540. The molecule has 43 heavy (non-hydrogen) atoms. The summed E-state index contributed by atoms with van der Waals surface area (Å²) in [7, 11) is 0. The number of carbonyl (C=O) groups is 1. The maximum absolute atomic E-state index is 13.5. The van der Waals surface area contributed by atoms with Crippen molar-refractivity contribution in [2.45, 2.75) is 45.3 Å². The number of para-hydroxylation sites is 1. The second-order valence-corrected chi connectivity index (χ2v) is 9.41. The number of esters is 1. The van der Waals surface area contributed by atoms with Crippen LogP contribution in [0, 0.1) is 19.7 Å². The van der Waals surface area contributed by atoms with Gasteiger partial charge < -0.3 is 18.9 Å². The molecule has 2 heterocycles. The number of hydrogen-bond donors (Lipinski definition) is 0. The Morgan fingerprint density at radius 2 is 1.49 bits per heavy atom. The molecule has 0 aliphatic carbocycles. The van der Waals surface area contributed by atoms with Crippen LogP contribution < -0.4 is 14.2 Å². The summed E-state index contributed by atoms with van der Waals surface area (Å²) in [6.07, 6.45) is -10.3. The van der Waals surface area contributed by atoms with Gasteiger partial charge >= 0.3 is 18.3 Å². The molecule has 5 nitrogen and oxygen atoms in total. The Hall–Kier alpha value is -4.48. The minimum atomic E-state index is -4.76. The van der Waals surface area contributed by atoms with E-state index in [1.165, 1.54) is 32.1 Å². The first-order valence-corrected chi connectivity index (χ1v) is 12.9. The third-order valence-electron chi connectivity index (χ3n) is 6.38. The molecule has 3 aromatic rings. The van der Waals surface area contributed by atoms with Crippen LogP contribution in [0.5, 0.6) is 23.0 Å². The molecule has 12 heteroatoms. The zero-order valence-corrected chi connectivity index (χ0v) is 23.0. The highest BCUT2D eigenvalue weighted by Crippen LogP contribution is 2.43. The average Bonchev–Trinajstić information content (AvgIpc) is 2.96. The zero-order chi connectivity index (χ0) is 31.5. The van der Waals surface area contributed by atoms with Crippen LogP contribution in [-0.2, 0) is 9.53 Å². The molecule has 3 aromatic carbocycles. The molecular formula is C31H25F7O5. The predicted molar refractivity (Wildman–Crippen MR) is 143 cm³/mol. The molecule has 228 valence electrons. The van der Waals surface area contributed by atoms with Crippen molar-refractivity contribution in [1.29, 1.82) is 0 Å². The number of rotatable bonds is 4. The van der Waals surface area contributed by atoms with Crippen molar-refractivity contribution in [1.82, 2.24) is 0 Å². The van der Waals surface area contributed by atoms with E-state index in [4.69, 9.17) is 18.9 Å². The number of halogens is 7. The zero-order valence-electron chi connectivity index (χ0n) is 23.0. The van der Waals surface area contributed by atoms with Gasteiger partial charge in [0.2, 0.25) is 12.2 Å². The van der Waals surface area contributed by atoms with E-state index in [1.54, 1.807) is 43.3 Å². The Balaban J connectivity index is 0.000000225. The fourth-order valence-corrected chi connectivity index (χ4v) is 4.25. The minimum absolute atomic E-state index is 0.0267. The van der Waals surface area contributed by atoms with Crippen LogP contribution >= 0.6 is 0 Å². The van der Waals surface area contributed by atoms with Gasteiger partial charge in [-0.2, -0.15) is 26.3 Å². The fraction of sp³-hybridized carbons (Fsp3) is 0.258. The lowest BCUT2D eigenvalue weighted by Crippen LogP contribution is -2.41. The van der Waals surface area contributed by atoms with Gasteiger partial charge in [-0.15, -0.1) is 0 Å². The van der Waals surface area contributed by atoms with Gasteiger partial charge in [-0.3, -0.25) is 0 Å². The molecule has 0 radical (unpaired) electrons. The summed E-state index contributed by atoms with van der Waals surface area (Å²) >= 11 is 0. The van der Waals surface area contributed by atoms with Crippen molar-refractivity contribution in [3.05, 3.63) is 94.3 Å². The second kappa shape index (κ2) is 12.4. The minimum Gasteiger partial charge on any atom is -0.476 e. The lowest BCUT2D eigenvalue weighted by molar-refractivity contribution is -0.188. The average molecular weight is 611 g/mol. The van der Waals surface area contributed by atoms with Crippen LogP contribution in [0.1, 0.15) is 29.2 Å². The third-order valence-corrected chi connectivity index (χ3v) is 6.38. The summed E-state index contributed by atoms with van der Waals surface area (Å²) in [4.78, 5) is 12.0. The highest BCUT2D eigenvalue weighted by Gasteiger charge is 2.49. The van der Waals surface area contributed by atoms with E-state index in [0.717, 1.165) is 12.2 Å². The normalized spacial score (nSPS) is 17.2. The van der Waals surface area contributed by atoms with Crippen LogP contribution in [0.4, 0.5) is 30.7 Å². The van der Waals surface area contributed by atoms with Crippen molar-refractivity contribution < 1.29 is 54.5 Å². The molecule has 2 aliphatic rings. The van der Waals surface area contributed by atoms with Gasteiger partial charge in [-0.25, -0.2) is 9.18 Å². The Morgan fingerprint density at radius 1 is 0.837 bits per heavy atom. The van der Waals surface area contributed by atoms with E-state index < -0.39 is 41.9 Å². The van der Waals surface area contributed by atoms with Gasteiger partial charge in [0.15, 0.2) is 0 Å². The summed E-state index contributed by atoms with van der Waals surface area (Å²) in [5, 5.41) is 0. The summed E-state index contributed by atoms with van der Waals surface area (Å²) in [5.41, 5.74) is 0.740. The number of alkyl halides is 6. The van der Waals surface area contributed by atoms with E-state index in [9.17, 15) is 35.5 Å². The highest BCUT2D eigenvalue weighted by atomic mass is 19.4. The summed E-state index contributed by atoms with van der Waals surface area (Å²) < 4.78 is 111. The first kappa shape index (κ1) is 31.5. The number of benzene rings is 3. The predicted octanol–water partition coefficient (Wildman–Crippen LogP) is 8.53. The molecule has 0 spiro atoms. The third kappa shape index (κ3) is 7.12. The van der Waals surface area contributed by atoms with Crippen molar-refractivity contribution in [2.24, 2.45) is 0 Å². The molecule has 2 unspecified atom stereocenters. The number of carbonyl (C=O) groups excluding carboxylic acids is 1. The van der Waals surface area contributed by atoms with Crippen molar-refractivity contribution >= 4 is 18.1 Å². The Kier molecular flexibility index (Phi) is 9.07. The molecule has 0 bridgehead atoms. The molecule has 0 saturated heterocycles. The summed E-state index contributed by atoms with van der Waals surface area (Å²) in [6.45, 7) is 4.49. The summed E-state index contributed by atoms with van der Waals surface area (Å²) in [6, 6.07) is 14.6. The van der Waals surface area contributed by atoms with Crippen molar-refractivity contribution in [3.63, 3.8) is 0 Å². The Labute approximate surface area is 242 Å². The lowest BCUT2D eigenvalue weighted by atomic mass is 9.98. The maximum Gasteiger partial charge on any atom is 0.430 e. The monoisotopic (exact) mass is 610 g/mol. The maximum atomic E-state index is 13.5. The molecule has 5 rings (SSSR count). The van der Waals surface area contributed by atoms with Crippen LogP contribution in [0.2, 0.25) is 0 Å². The SMILES string of the molecule is CCOC(=O)C1=Cc2ccc(Oc3ccccc3)c(C)c2OC1C(F)(F)F.Cc1c(F)ccc2c1OC(C(F)(F)F)C=C2. The molecule has 0 amide bonds. The Morgan fingerprint density at radius 3 is 2.12 bits per heavy atom. The van der Waals surface area contributed by atoms with E-state index in [-0.39, 0.29) is 23.7 Å². The molecule has 0 aromatic heterocycles. The van der Waals surface area contributed by atoms with Gasteiger partial charge in [0, 0.05) is 22.3 Å². The van der Waals surface area contributed by atoms with E-state index in [2.05, 4.69) is 0 Å². The summed E-state index contributed by atoms with van der Waals surface area (Å²) in [5.74, 6) is -0.716. The topological polar surface area (TPSA) is 54.0 Å². The lowest BCUT2D eigenvalue weighted by Gasteiger charge is -2.29. The highest BCUT2D eigenvalue weighted by molar-refractivity contribution is 5.96. The molecule has 2 atom stereocenters. The van der Waals surface area contributed by atoms with E-state index in [1.807, 2.05) is 6.07 Å². The number of fused-ring (bicyclic) bond motifs is 2.